The van der Waals surface area contributed by atoms with Crippen LogP contribution in [0.1, 0.15) is 16.1 Å². The van der Waals surface area contributed by atoms with Gasteiger partial charge in [0, 0.05) is 18.2 Å². The number of nitrogens with zero attached hydrogens (tertiary/aromatic N) is 2. The lowest BCUT2D eigenvalue weighted by atomic mass is 10.0. The second-order valence-electron chi connectivity index (χ2n) is 6.62. The highest BCUT2D eigenvalue weighted by atomic mass is 16.6. The smallest absolute Gasteiger partial charge is 0.331 e. The Morgan fingerprint density at radius 3 is 2.54 bits per heavy atom. The van der Waals surface area contributed by atoms with E-state index in [0.717, 1.165) is 27.6 Å². The lowest BCUT2D eigenvalue weighted by Gasteiger charge is -2.12. The predicted molar refractivity (Wildman–Crippen MR) is 94.1 cm³/mol. The molecule has 4 aromatic rings. The lowest BCUT2D eigenvalue weighted by Crippen LogP contribution is -2.71. The molecule has 2 aliphatic rings. The summed E-state index contributed by atoms with van der Waals surface area (Å²) < 4.78 is 10.1. The standard InChI is InChI=1S/C22H14N2O2/c25-21-19-11-5-6-13-23(19)22(26-21)18-10-4-3-9-17(18)20-16-8-2-1-7-15(16)12-14-24(20)22/h1-14H/q+2. The van der Waals surface area contributed by atoms with Crippen molar-refractivity contribution in [3.63, 3.8) is 0 Å². The van der Waals surface area contributed by atoms with Crippen LogP contribution < -0.4 is 9.13 Å². The Kier molecular flexibility index (Phi) is 2.40. The van der Waals surface area contributed by atoms with Crippen LogP contribution in [0.25, 0.3) is 22.0 Å². The van der Waals surface area contributed by atoms with Crippen molar-refractivity contribution in [1.82, 2.24) is 0 Å². The maximum Gasteiger partial charge on any atom is 0.558 e. The Morgan fingerprint density at radius 1 is 0.769 bits per heavy atom. The van der Waals surface area contributed by atoms with Crippen LogP contribution in [-0.4, -0.2) is 5.97 Å². The van der Waals surface area contributed by atoms with E-state index >= 15 is 0 Å². The van der Waals surface area contributed by atoms with Gasteiger partial charge in [0.15, 0.2) is 18.0 Å². The van der Waals surface area contributed by atoms with Crippen molar-refractivity contribution in [3.8, 4) is 11.3 Å². The Balaban J connectivity index is 1.83. The first-order valence-corrected chi connectivity index (χ1v) is 8.59. The largest absolute Gasteiger partial charge is 0.558 e. The van der Waals surface area contributed by atoms with Crippen LogP contribution in [0.5, 0.6) is 0 Å². The van der Waals surface area contributed by atoms with E-state index in [4.69, 9.17) is 4.74 Å². The van der Waals surface area contributed by atoms with Crippen molar-refractivity contribution in [2.24, 2.45) is 0 Å². The number of rotatable bonds is 0. The van der Waals surface area contributed by atoms with Gasteiger partial charge < -0.3 is 4.74 Å². The zero-order valence-corrected chi connectivity index (χ0v) is 13.8. The van der Waals surface area contributed by atoms with E-state index in [-0.39, 0.29) is 5.97 Å². The number of benzene rings is 2. The molecule has 26 heavy (non-hydrogen) atoms. The minimum Gasteiger partial charge on any atom is -0.331 e. The Morgan fingerprint density at radius 2 is 1.58 bits per heavy atom. The van der Waals surface area contributed by atoms with Gasteiger partial charge in [-0.25, -0.2) is 4.79 Å². The first-order valence-electron chi connectivity index (χ1n) is 8.59. The fraction of sp³-hybridized carbons (Fsp3) is 0.0455. The van der Waals surface area contributed by atoms with Gasteiger partial charge in [-0.3, -0.25) is 0 Å². The van der Waals surface area contributed by atoms with Gasteiger partial charge in [-0.2, -0.15) is 0 Å². The number of pyridine rings is 2. The SMILES string of the molecule is O=C1OC2(c3ccccc3-c3c4ccccc4cc[n+]32)[n+]2ccccc21. The summed E-state index contributed by atoms with van der Waals surface area (Å²) in [6.45, 7) is 0. The quantitative estimate of drug-likeness (QED) is 0.365. The van der Waals surface area contributed by atoms with E-state index in [1.165, 1.54) is 0 Å². The molecule has 2 aliphatic heterocycles. The zero-order valence-electron chi connectivity index (χ0n) is 13.8. The lowest BCUT2D eigenvalue weighted by molar-refractivity contribution is -1.00. The molecular formula is C22H14N2O2+2. The number of esters is 1. The molecule has 1 atom stereocenters. The summed E-state index contributed by atoms with van der Waals surface area (Å²) in [6, 6.07) is 24.1. The molecule has 0 bridgehead atoms. The van der Waals surface area contributed by atoms with Crippen molar-refractivity contribution < 1.29 is 18.7 Å². The minimum absolute atomic E-state index is 0.311. The highest BCUT2D eigenvalue weighted by Gasteiger charge is 2.69. The van der Waals surface area contributed by atoms with Crippen LogP contribution in [0.4, 0.5) is 0 Å². The molecule has 0 aliphatic carbocycles. The van der Waals surface area contributed by atoms with Crippen molar-refractivity contribution in [1.29, 1.82) is 0 Å². The van der Waals surface area contributed by atoms with Crippen molar-refractivity contribution in [3.05, 3.63) is 96.4 Å². The summed E-state index contributed by atoms with van der Waals surface area (Å²) in [4.78, 5) is 12.7. The maximum absolute atomic E-state index is 12.7. The van der Waals surface area contributed by atoms with Crippen molar-refractivity contribution in [2.45, 2.75) is 5.85 Å². The molecule has 0 saturated carbocycles. The average molecular weight is 338 g/mol. The average Bonchev–Trinajstić information content (AvgIpc) is 3.16. The van der Waals surface area contributed by atoms with Crippen LogP contribution in [0.2, 0.25) is 0 Å². The van der Waals surface area contributed by atoms with E-state index < -0.39 is 5.85 Å². The minimum atomic E-state index is -1.01. The third-order valence-electron chi connectivity index (χ3n) is 5.35. The third kappa shape index (κ3) is 1.44. The highest BCUT2D eigenvalue weighted by molar-refractivity contribution is 5.95. The number of hydrogen-bond donors (Lipinski definition) is 0. The van der Waals surface area contributed by atoms with E-state index in [2.05, 4.69) is 28.8 Å². The van der Waals surface area contributed by atoms with Gasteiger partial charge >= 0.3 is 17.5 Å². The van der Waals surface area contributed by atoms with Crippen LogP contribution in [0, 0.1) is 0 Å². The van der Waals surface area contributed by atoms with Gasteiger partial charge in [-0.05, 0) is 29.7 Å². The summed E-state index contributed by atoms with van der Waals surface area (Å²) in [5.74, 6) is -1.32. The molecule has 4 heteroatoms. The van der Waals surface area contributed by atoms with Crippen LogP contribution in [0.15, 0.2) is 85.2 Å². The number of hydrogen-bond acceptors (Lipinski definition) is 2. The molecule has 4 heterocycles. The molecule has 6 rings (SSSR count). The van der Waals surface area contributed by atoms with Gasteiger partial charge in [0.25, 0.3) is 0 Å². The fourth-order valence-corrected chi connectivity index (χ4v) is 4.30. The van der Waals surface area contributed by atoms with E-state index in [0.29, 0.717) is 5.69 Å². The molecule has 1 spiro atoms. The molecule has 2 aromatic carbocycles. The molecule has 0 saturated heterocycles. The van der Waals surface area contributed by atoms with Gasteiger partial charge in [0.2, 0.25) is 5.69 Å². The topological polar surface area (TPSA) is 34.1 Å². The second-order valence-corrected chi connectivity index (χ2v) is 6.62. The molecule has 0 N–H and O–H groups in total. The molecule has 122 valence electrons. The van der Waals surface area contributed by atoms with E-state index in [9.17, 15) is 4.79 Å². The first-order chi connectivity index (χ1) is 12.8. The van der Waals surface area contributed by atoms with Gasteiger partial charge in [0.1, 0.15) is 0 Å². The normalized spacial score (nSPS) is 19.3. The fourth-order valence-electron chi connectivity index (χ4n) is 4.30. The summed E-state index contributed by atoms with van der Waals surface area (Å²) >= 11 is 0. The zero-order chi connectivity index (χ0) is 17.3. The van der Waals surface area contributed by atoms with Crippen LogP contribution in [-0.2, 0) is 10.6 Å². The molecule has 2 aromatic heterocycles. The summed E-state index contributed by atoms with van der Waals surface area (Å²) in [5.41, 5.74) is 3.67. The predicted octanol–water partition coefficient (Wildman–Crippen LogP) is 2.77. The summed E-state index contributed by atoms with van der Waals surface area (Å²) in [6.07, 6.45) is 3.92. The second kappa shape index (κ2) is 4.55. The van der Waals surface area contributed by atoms with Crippen molar-refractivity contribution in [2.75, 3.05) is 0 Å². The van der Waals surface area contributed by atoms with Gasteiger partial charge in [-0.1, -0.05) is 39.5 Å². The molecule has 0 fully saturated rings. The number of aromatic nitrogens is 2. The molecule has 1 unspecified atom stereocenters. The highest BCUT2D eigenvalue weighted by Crippen LogP contribution is 2.41. The molecule has 0 radical (unpaired) electrons. The molecule has 0 amide bonds. The first kappa shape index (κ1) is 13.7. The van der Waals surface area contributed by atoms with Gasteiger partial charge in [-0.15, -0.1) is 0 Å². The van der Waals surface area contributed by atoms with Gasteiger partial charge in [0.05, 0.1) is 10.9 Å². The number of carbonyl (C=O) groups is 1. The van der Waals surface area contributed by atoms with E-state index in [1.807, 2.05) is 59.4 Å². The number of fused-ring (bicyclic) bond motifs is 9. The molecular weight excluding hydrogens is 324 g/mol. The molecule has 4 nitrogen and oxygen atoms in total. The van der Waals surface area contributed by atoms with E-state index in [1.54, 1.807) is 6.07 Å². The monoisotopic (exact) mass is 338 g/mol. The van der Waals surface area contributed by atoms with Crippen LogP contribution in [0.3, 0.4) is 0 Å². The van der Waals surface area contributed by atoms with Crippen LogP contribution >= 0.6 is 0 Å². The third-order valence-corrected chi connectivity index (χ3v) is 5.35. The number of carbonyl (C=O) groups excluding carboxylic acids is 1. The Labute approximate surface area is 149 Å². The maximum atomic E-state index is 12.7. The number of ether oxygens (including phenoxy) is 1. The van der Waals surface area contributed by atoms with Crippen molar-refractivity contribution >= 4 is 16.7 Å². The summed E-state index contributed by atoms with van der Waals surface area (Å²) in [5, 5.41) is 2.30. The Bertz CT molecular complexity index is 1250. The summed E-state index contributed by atoms with van der Waals surface area (Å²) in [7, 11) is 0. The Hall–Kier alpha value is -3.53.